The minimum absolute atomic E-state index is 0.0114. The van der Waals surface area contributed by atoms with E-state index in [0.717, 1.165) is 5.56 Å². The molecule has 24 heavy (non-hydrogen) atoms. The van der Waals surface area contributed by atoms with Crippen molar-refractivity contribution in [3.05, 3.63) is 35.9 Å². The lowest BCUT2D eigenvalue weighted by molar-refractivity contribution is -0.197. The highest BCUT2D eigenvalue weighted by molar-refractivity contribution is 5.91. The molecule has 1 aliphatic heterocycles. The average molecular weight is 344 g/mol. The summed E-state index contributed by atoms with van der Waals surface area (Å²) in [5.74, 6) is -2.04. The third-order valence-corrected chi connectivity index (χ3v) is 3.95. The zero-order valence-corrected chi connectivity index (χ0v) is 13.2. The first-order valence-corrected chi connectivity index (χ1v) is 7.59. The van der Waals surface area contributed by atoms with E-state index in [-0.39, 0.29) is 26.0 Å². The Kier molecular flexibility index (Phi) is 5.48. The van der Waals surface area contributed by atoms with E-state index in [1.807, 2.05) is 0 Å². The molecule has 2 rings (SSSR count). The van der Waals surface area contributed by atoms with Crippen LogP contribution in [0.1, 0.15) is 25.3 Å². The zero-order chi connectivity index (χ0) is 17.8. The van der Waals surface area contributed by atoms with Crippen molar-refractivity contribution in [1.82, 2.24) is 10.6 Å². The molecule has 1 aromatic rings. The molecule has 0 radical (unpaired) electrons. The molecule has 1 aliphatic rings. The molecule has 1 aromatic carbocycles. The Balaban J connectivity index is 1.94. The van der Waals surface area contributed by atoms with E-state index in [4.69, 9.17) is 4.74 Å². The third-order valence-electron chi connectivity index (χ3n) is 3.95. The van der Waals surface area contributed by atoms with Gasteiger partial charge >= 0.3 is 12.1 Å². The van der Waals surface area contributed by atoms with Crippen LogP contribution in [0.25, 0.3) is 0 Å². The second kappa shape index (κ2) is 7.21. The molecule has 132 valence electrons. The van der Waals surface area contributed by atoms with Crippen LogP contribution in [0.2, 0.25) is 0 Å². The van der Waals surface area contributed by atoms with Gasteiger partial charge in [0.15, 0.2) is 5.54 Å². The molecule has 0 saturated carbocycles. The van der Waals surface area contributed by atoms with Crippen molar-refractivity contribution in [2.75, 3.05) is 6.54 Å². The highest BCUT2D eigenvalue weighted by atomic mass is 19.4. The van der Waals surface area contributed by atoms with Crippen LogP contribution in [0.15, 0.2) is 30.3 Å². The molecule has 0 aromatic heterocycles. The predicted octanol–water partition coefficient (Wildman–Crippen LogP) is 1.92. The summed E-state index contributed by atoms with van der Waals surface area (Å²) in [7, 11) is 0. The molecule has 0 bridgehead atoms. The van der Waals surface area contributed by atoms with Gasteiger partial charge in [-0.25, -0.2) is 4.79 Å². The van der Waals surface area contributed by atoms with Crippen molar-refractivity contribution >= 4 is 11.9 Å². The van der Waals surface area contributed by atoms with Crippen LogP contribution in [0.3, 0.4) is 0 Å². The van der Waals surface area contributed by atoms with Crippen LogP contribution in [0.4, 0.5) is 13.2 Å². The highest BCUT2D eigenvalue weighted by Crippen LogP contribution is 2.37. The van der Waals surface area contributed by atoms with E-state index in [0.29, 0.717) is 0 Å². The fourth-order valence-corrected chi connectivity index (χ4v) is 2.54. The predicted molar refractivity (Wildman–Crippen MR) is 79.9 cm³/mol. The van der Waals surface area contributed by atoms with Crippen molar-refractivity contribution < 1.29 is 27.5 Å². The van der Waals surface area contributed by atoms with Gasteiger partial charge in [0.05, 0.1) is 0 Å². The number of esters is 1. The van der Waals surface area contributed by atoms with Crippen molar-refractivity contribution in [2.24, 2.45) is 0 Å². The van der Waals surface area contributed by atoms with Gasteiger partial charge in [-0.15, -0.1) is 0 Å². The molecule has 1 heterocycles. The molecule has 1 amide bonds. The fourth-order valence-electron chi connectivity index (χ4n) is 2.54. The summed E-state index contributed by atoms with van der Waals surface area (Å²) in [4.78, 5) is 24.0. The molecule has 0 unspecified atom stereocenters. The normalized spacial score (nSPS) is 22.0. The number of halogens is 3. The van der Waals surface area contributed by atoms with Gasteiger partial charge in [-0.05, 0) is 31.9 Å². The van der Waals surface area contributed by atoms with Gasteiger partial charge in [0, 0.05) is 0 Å². The van der Waals surface area contributed by atoms with E-state index in [2.05, 4.69) is 10.6 Å². The Morgan fingerprint density at radius 3 is 2.54 bits per heavy atom. The van der Waals surface area contributed by atoms with Crippen LogP contribution in [-0.4, -0.2) is 36.2 Å². The Labute approximate surface area is 137 Å². The number of carbonyl (C=O) groups excluding carboxylic acids is 2. The molecule has 1 fully saturated rings. The van der Waals surface area contributed by atoms with Crippen molar-refractivity contribution in [3.63, 3.8) is 0 Å². The maximum Gasteiger partial charge on any atom is 0.415 e. The van der Waals surface area contributed by atoms with Crippen molar-refractivity contribution in [2.45, 2.75) is 44.1 Å². The van der Waals surface area contributed by atoms with Crippen LogP contribution in [0.5, 0.6) is 0 Å². The number of carbonyl (C=O) groups is 2. The molecule has 2 atom stereocenters. The number of amides is 1. The van der Waals surface area contributed by atoms with E-state index in [1.54, 1.807) is 30.3 Å². The molecule has 2 N–H and O–H groups in total. The van der Waals surface area contributed by atoms with Crippen LogP contribution >= 0.6 is 0 Å². The van der Waals surface area contributed by atoms with E-state index < -0.39 is 29.6 Å². The molecule has 0 spiro atoms. The summed E-state index contributed by atoms with van der Waals surface area (Å²) in [5.41, 5.74) is -1.89. The van der Waals surface area contributed by atoms with E-state index in [9.17, 15) is 22.8 Å². The van der Waals surface area contributed by atoms with Crippen molar-refractivity contribution in [1.29, 1.82) is 0 Å². The average Bonchev–Trinajstić information content (AvgIpc) is 3.04. The van der Waals surface area contributed by atoms with Crippen LogP contribution in [0, 0.1) is 0 Å². The van der Waals surface area contributed by atoms with E-state index in [1.165, 1.54) is 6.92 Å². The Morgan fingerprint density at radius 1 is 1.33 bits per heavy atom. The Hall–Kier alpha value is -2.09. The summed E-state index contributed by atoms with van der Waals surface area (Å²) in [5, 5.41) is 4.33. The Bertz CT molecular complexity index is 584. The van der Waals surface area contributed by atoms with Gasteiger partial charge in [-0.3, -0.25) is 10.1 Å². The standard InChI is InChI=1S/C16H19F3N2O3/c1-11(13(22)24-10-12-6-3-2-4-7-12)21-14(23)15(16(17,18)19)8-5-9-20-15/h2-4,6-7,11,20H,5,8-10H2,1H3,(H,21,23)/t11-,15+/m0/s1. The molecular formula is C16H19F3N2O3. The molecule has 1 saturated heterocycles. The number of nitrogens with one attached hydrogen (secondary N) is 2. The Morgan fingerprint density at radius 2 is 2.00 bits per heavy atom. The lowest BCUT2D eigenvalue weighted by Gasteiger charge is -2.31. The SMILES string of the molecule is C[C@H](NC(=O)[C@@]1(C(F)(F)F)CCCN1)C(=O)OCc1ccccc1. The van der Waals surface area contributed by atoms with Crippen LogP contribution < -0.4 is 10.6 Å². The second-order valence-electron chi connectivity index (χ2n) is 5.72. The number of ether oxygens (including phenoxy) is 1. The van der Waals surface area contributed by atoms with Gasteiger partial charge < -0.3 is 10.1 Å². The maximum atomic E-state index is 13.2. The van der Waals surface area contributed by atoms with Gasteiger partial charge in [-0.1, -0.05) is 30.3 Å². The van der Waals surface area contributed by atoms with Gasteiger partial charge in [0.1, 0.15) is 12.6 Å². The summed E-state index contributed by atoms with van der Waals surface area (Å²) in [6, 6.07) is 7.66. The molecule has 0 aliphatic carbocycles. The lowest BCUT2D eigenvalue weighted by Crippen LogP contribution is -2.64. The summed E-state index contributed by atoms with van der Waals surface area (Å²) >= 11 is 0. The molecule has 8 heteroatoms. The zero-order valence-electron chi connectivity index (χ0n) is 13.2. The first-order valence-electron chi connectivity index (χ1n) is 7.59. The minimum atomic E-state index is -4.73. The highest BCUT2D eigenvalue weighted by Gasteiger charge is 2.61. The molecular weight excluding hydrogens is 325 g/mol. The van der Waals surface area contributed by atoms with Crippen LogP contribution in [-0.2, 0) is 20.9 Å². The van der Waals surface area contributed by atoms with Gasteiger partial charge in [0.2, 0.25) is 5.91 Å². The first-order chi connectivity index (χ1) is 11.3. The van der Waals surface area contributed by atoms with E-state index >= 15 is 0 Å². The maximum absolute atomic E-state index is 13.2. The van der Waals surface area contributed by atoms with Crippen molar-refractivity contribution in [3.8, 4) is 0 Å². The summed E-state index contributed by atoms with van der Waals surface area (Å²) in [6.45, 7) is 1.38. The second-order valence-corrected chi connectivity index (χ2v) is 5.72. The minimum Gasteiger partial charge on any atom is -0.459 e. The fraction of sp³-hybridized carbons (Fsp3) is 0.500. The summed E-state index contributed by atoms with van der Waals surface area (Å²) < 4.78 is 44.8. The summed E-state index contributed by atoms with van der Waals surface area (Å²) in [6.07, 6.45) is -4.85. The van der Waals surface area contributed by atoms with Gasteiger partial charge in [0.25, 0.3) is 0 Å². The number of hydrogen-bond acceptors (Lipinski definition) is 4. The smallest absolute Gasteiger partial charge is 0.415 e. The quantitative estimate of drug-likeness (QED) is 0.801. The number of hydrogen-bond donors (Lipinski definition) is 2. The first kappa shape index (κ1) is 18.3. The molecule has 5 nitrogen and oxygen atoms in total. The lowest BCUT2D eigenvalue weighted by atomic mass is 9.95. The third kappa shape index (κ3) is 3.87. The number of benzene rings is 1. The topological polar surface area (TPSA) is 67.4 Å². The number of alkyl halides is 3. The number of rotatable bonds is 5. The monoisotopic (exact) mass is 344 g/mol. The van der Waals surface area contributed by atoms with Gasteiger partial charge in [-0.2, -0.15) is 13.2 Å². The largest absolute Gasteiger partial charge is 0.459 e.